The molecule has 0 saturated carbocycles. The summed E-state index contributed by atoms with van der Waals surface area (Å²) in [5.74, 6) is 0. The van der Waals surface area contributed by atoms with Crippen LogP contribution in [0, 0.1) is 0 Å². The highest BCUT2D eigenvalue weighted by atomic mass is 35.5. The average Bonchev–Trinajstić information content (AvgIpc) is 2.39. The Labute approximate surface area is 113 Å². The largest absolute Gasteiger partial charge is 0.381 e. The maximum atomic E-state index is 10.7. The van der Waals surface area contributed by atoms with E-state index in [1.165, 1.54) is 5.56 Å². The summed E-state index contributed by atoms with van der Waals surface area (Å²) in [6, 6.07) is 15.4. The van der Waals surface area contributed by atoms with Crippen molar-refractivity contribution in [2.75, 3.05) is 0 Å². The molecule has 0 aromatic heterocycles. The van der Waals surface area contributed by atoms with Gasteiger partial charge in [0.15, 0.2) is 0 Å². The van der Waals surface area contributed by atoms with E-state index in [4.69, 9.17) is 11.6 Å². The second-order valence-electron chi connectivity index (χ2n) is 4.64. The molecule has 0 heterocycles. The summed E-state index contributed by atoms with van der Waals surface area (Å²) in [6.07, 6.45) is 0.958. The van der Waals surface area contributed by atoms with Crippen molar-refractivity contribution in [3.05, 3.63) is 70.2 Å². The molecule has 2 heteroatoms. The molecule has 0 aliphatic carbocycles. The molecule has 0 fully saturated rings. The zero-order valence-electron chi connectivity index (χ0n) is 10.7. The van der Waals surface area contributed by atoms with Crippen LogP contribution in [0.4, 0.5) is 0 Å². The van der Waals surface area contributed by atoms with Gasteiger partial charge in [0.1, 0.15) is 5.60 Å². The van der Waals surface area contributed by atoms with E-state index in [1.54, 1.807) is 13.0 Å². The number of aryl methyl sites for hydroxylation is 1. The molecule has 2 aromatic rings. The van der Waals surface area contributed by atoms with Crippen LogP contribution in [-0.2, 0) is 12.0 Å². The third-order valence-corrected chi connectivity index (χ3v) is 3.52. The smallest absolute Gasteiger partial charge is 0.112 e. The third-order valence-electron chi connectivity index (χ3n) is 3.28. The molecule has 2 rings (SSSR count). The molecule has 0 aliphatic heterocycles. The fourth-order valence-electron chi connectivity index (χ4n) is 2.05. The van der Waals surface area contributed by atoms with Crippen molar-refractivity contribution in [2.45, 2.75) is 25.9 Å². The van der Waals surface area contributed by atoms with Crippen molar-refractivity contribution in [3.8, 4) is 0 Å². The number of aliphatic hydroxyl groups is 1. The van der Waals surface area contributed by atoms with Gasteiger partial charge in [0, 0.05) is 5.02 Å². The first-order chi connectivity index (χ1) is 8.54. The molecule has 18 heavy (non-hydrogen) atoms. The normalized spacial score (nSPS) is 14.2. The quantitative estimate of drug-likeness (QED) is 0.879. The summed E-state index contributed by atoms with van der Waals surface area (Å²) in [4.78, 5) is 0. The Kier molecular flexibility index (Phi) is 3.74. The van der Waals surface area contributed by atoms with E-state index in [-0.39, 0.29) is 0 Å². The van der Waals surface area contributed by atoms with Crippen LogP contribution in [0.3, 0.4) is 0 Å². The minimum absolute atomic E-state index is 0.638. The SMILES string of the molecule is CCc1cccc(C(C)(O)c2cccc(Cl)c2)c1. The lowest BCUT2D eigenvalue weighted by atomic mass is 9.87. The van der Waals surface area contributed by atoms with Crippen molar-refractivity contribution in [3.63, 3.8) is 0 Å². The first-order valence-electron chi connectivity index (χ1n) is 6.12. The van der Waals surface area contributed by atoms with Crippen LogP contribution in [0.1, 0.15) is 30.5 Å². The Hall–Kier alpha value is -1.31. The van der Waals surface area contributed by atoms with Gasteiger partial charge in [-0.1, -0.05) is 54.9 Å². The standard InChI is InChI=1S/C16H17ClO/c1-3-12-6-4-7-13(10-12)16(2,18)14-8-5-9-15(17)11-14/h4-11,18H,3H2,1-2H3. The highest BCUT2D eigenvalue weighted by molar-refractivity contribution is 6.30. The Morgan fingerprint density at radius 3 is 2.28 bits per heavy atom. The second kappa shape index (κ2) is 5.13. The lowest BCUT2D eigenvalue weighted by molar-refractivity contribution is 0.102. The zero-order valence-corrected chi connectivity index (χ0v) is 11.4. The van der Waals surface area contributed by atoms with Gasteiger partial charge in [-0.3, -0.25) is 0 Å². The van der Waals surface area contributed by atoms with Crippen LogP contribution in [0.5, 0.6) is 0 Å². The van der Waals surface area contributed by atoms with Crippen LogP contribution in [0.15, 0.2) is 48.5 Å². The van der Waals surface area contributed by atoms with Gasteiger partial charge in [-0.15, -0.1) is 0 Å². The van der Waals surface area contributed by atoms with E-state index < -0.39 is 5.60 Å². The van der Waals surface area contributed by atoms with Gasteiger partial charge in [-0.25, -0.2) is 0 Å². The molecule has 1 N–H and O–H groups in total. The number of benzene rings is 2. The molecular formula is C16H17ClO. The van der Waals surface area contributed by atoms with E-state index in [9.17, 15) is 5.11 Å². The molecule has 0 spiro atoms. The first-order valence-corrected chi connectivity index (χ1v) is 6.49. The first kappa shape index (κ1) is 13.1. The van der Waals surface area contributed by atoms with Crippen LogP contribution < -0.4 is 0 Å². The zero-order chi connectivity index (χ0) is 13.2. The molecule has 0 bridgehead atoms. The molecule has 0 radical (unpaired) electrons. The van der Waals surface area contributed by atoms with E-state index in [1.807, 2.05) is 36.4 Å². The highest BCUT2D eigenvalue weighted by Gasteiger charge is 2.25. The number of rotatable bonds is 3. The average molecular weight is 261 g/mol. The fraction of sp³-hybridized carbons (Fsp3) is 0.250. The summed E-state index contributed by atoms with van der Waals surface area (Å²) < 4.78 is 0. The molecule has 1 nitrogen and oxygen atoms in total. The van der Waals surface area contributed by atoms with E-state index in [0.717, 1.165) is 17.5 Å². The van der Waals surface area contributed by atoms with Gasteiger partial charge >= 0.3 is 0 Å². The van der Waals surface area contributed by atoms with Crippen LogP contribution >= 0.6 is 11.6 Å². The molecular weight excluding hydrogens is 244 g/mol. The molecule has 0 aliphatic rings. The van der Waals surface area contributed by atoms with Gasteiger partial charge in [0.2, 0.25) is 0 Å². The van der Waals surface area contributed by atoms with Crippen molar-refractivity contribution >= 4 is 11.6 Å². The van der Waals surface area contributed by atoms with Crippen LogP contribution in [0.2, 0.25) is 5.02 Å². The summed E-state index contributed by atoms with van der Waals surface area (Å²) in [5.41, 5.74) is 1.90. The Bertz CT molecular complexity index is 546. The summed E-state index contributed by atoms with van der Waals surface area (Å²) in [6.45, 7) is 3.90. The summed E-state index contributed by atoms with van der Waals surface area (Å²) in [7, 11) is 0. The predicted molar refractivity (Wildman–Crippen MR) is 75.9 cm³/mol. The number of hydrogen-bond donors (Lipinski definition) is 1. The molecule has 1 atom stereocenters. The molecule has 94 valence electrons. The van der Waals surface area contributed by atoms with Gasteiger partial charge in [0.05, 0.1) is 0 Å². The van der Waals surface area contributed by atoms with Crippen molar-refractivity contribution < 1.29 is 5.11 Å². The summed E-state index contributed by atoms with van der Waals surface area (Å²) >= 11 is 5.99. The maximum Gasteiger partial charge on any atom is 0.112 e. The molecule has 1 unspecified atom stereocenters. The minimum Gasteiger partial charge on any atom is -0.381 e. The van der Waals surface area contributed by atoms with Crippen molar-refractivity contribution in [2.24, 2.45) is 0 Å². The van der Waals surface area contributed by atoms with E-state index in [0.29, 0.717) is 5.02 Å². The minimum atomic E-state index is -1.02. The van der Waals surface area contributed by atoms with Crippen LogP contribution in [0.25, 0.3) is 0 Å². The number of halogens is 1. The lowest BCUT2D eigenvalue weighted by Gasteiger charge is -2.25. The van der Waals surface area contributed by atoms with E-state index in [2.05, 4.69) is 13.0 Å². The Morgan fingerprint density at radius 2 is 1.67 bits per heavy atom. The van der Waals surface area contributed by atoms with Crippen LogP contribution in [-0.4, -0.2) is 5.11 Å². The van der Waals surface area contributed by atoms with Crippen molar-refractivity contribution in [1.82, 2.24) is 0 Å². The Balaban J connectivity index is 2.46. The van der Waals surface area contributed by atoms with E-state index >= 15 is 0 Å². The predicted octanol–water partition coefficient (Wildman–Crippen LogP) is 4.16. The second-order valence-corrected chi connectivity index (χ2v) is 5.07. The highest BCUT2D eigenvalue weighted by Crippen LogP contribution is 2.30. The fourth-order valence-corrected chi connectivity index (χ4v) is 2.24. The topological polar surface area (TPSA) is 20.2 Å². The summed E-state index contributed by atoms with van der Waals surface area (Å²) in [5, 5.41) is 11.4. The van der Waals surface area contributed by atoms with Crippen molar-refractivity contribution in [1.29, 1.82) is 0 Å². The lowest BCUT2D eigenvalue weighted by Crippen LogP contribution is -2.22. The van der Waals surface area contributed by atoms with Gasteiger partial charge in [-0.2, -0.15) is 0 Å². The Morgan fingerprint density at radius 1 is 1.06 bits per heavy atom. The van der Waals surface area contributed by atoms with Gasteiger partial charge in [0.25, 0.3) is 0 Å². The van der Waals surface area contributed by atoms with Gasteiger partial charge < -0.3 is 5.11 Å². The number of hydrogen-bond acceptors (Lipinski definition) is 1. The molecule has 0 saturated heterocycles. The third kappa shape index (κ3) is 2.58. The molecule has 0 amide bonds. The molecule has 2 aromatic carbocycles. The van der Waals surface area contributed by atoms with Gasteiger partial charge in [-0.05, 0) is 42.2 Å². The monoisotopic (exact) mass is 260 g/mol. The maximum absolute atomic E-state index is 10.7.